The van der Waals surface area contributed by atoms with Gasteiger partial charge < -0.3 is 4.74 Å². The molecule has 4 aromatic rings. The molecule has 462 valence electrons. The number of benzene rings is 3. The van der Waals surface area contributed by atoms with Gasteiger partial charge in [-0.3, -0.25) is 4.98 Å². The molecule has 3 aromatic carbocycles. The van der Waals surface area contributed by atoms with Crippen molar-refractivity contribution in [3.63, 3.8) is 0 Å². The van der Waals surface area contributed by atoms with Crippen LogP contribution in [0, 0.1) is 118 Å². The van der Waals surface area contributed by atoms with Crippen LogP contribution in [0.4, 0.5) is 0 Å². The molecule has 3 heterocycles. The van der Waals surface area contributed by atoms with Gasteiger partial charge in [-0.25, -0.2) is 0 Å². The number of rotatable bonds is 0. The minimum Gasteiger partial charge on any atom is -0.378 e. The van der Waals surface area contributed by atoms with Crippen LogP contribution in [0.5, 0.6) is 0 Å². The van der Waals surface area contributed by atoms with Crippen molar-refractivity contribution in [3.8, 4) is 0 Å². The third-order valence-electron chi connectivity index (χ3n) is 20.6. The van der Waals surface area contributed by atoms with Gasteiger partial charge in [-0.2, -0.15) is 11.8 Å². The normalized spacial score (nSPS) is 31.5. The minimum absolute atomic E-state index is 0.520. The predicted octanol–water partition coefficient (Wildman–Crippen LogP) is 24.3. The average Bonchev–Trinajstić information content (AvgIpc) is 3.66. The molecular weight excluding hydrogens is 1010 g/mol. The van der Waals surface area contributed by atoms with Crippen LogP contribution in [0.15, 0.2) is 90.6 Å². The highest BCUT2D eigenvalue weighted by Crippen LogP contribution is 2.48. The monoisotopic (exact) mass is 1140 g/mol. The van der Waals surface area contributed by atoms with Crippen LogP contribution in [0.1, 0.15) is 251 Å². The summed E-state index contributed by atoms with van der Waals surface area (Å²) >= 11 is 2.13. The third kappa shape index (κ3) is 28.1. The van der Waals surface area contributed by atoms with Crippen molar-refractivity contribution in [2.45, 2.75) is 271 Å². The summed E-state index contributed by atoms with van der Waals surface area (Å²) in [7, 11) is 0. The lowest BCUT2D eigenvalue weighted by Crippen LogP contribution is -2.34. The van der Waals surface area contributed by atoms with Gasteiger partial charge in [0.1, 0.15) is 0 Å². The van der Waals surface area contributed by atoms with Crippen molar-refractivity contribution in [3.05, 3.63) is 124 Å². The van der Waals surface area contributed by atoms with E-state index < -0.39 is 0 Å². The highest BCUT2D eigenvalue weighted by molar-refractivity contribution is 7.99. The maximum absolute atomic E-state index is 5.39. The molecule has 3 heteroatoms. The van der Waals surface area contributed by atoms with Crippen molar-refractivity contribution in [1.82, 2.24) is 4.98 Å². The number of ether oxygens (including phenoxy) is 1. The summed E-state index contributed by atoms with van der Waals surface area (Å²) in [5.74, 6) is 14.7. The zero-order chi connectivity index (χ0) is 60.1. The number of aryl methyl sites for hydroxylation is 6. The summed E-state index contributed by atoms with van der Waals surface area (Å²) in [6, 6.07) is 25.4. The molecule has 13 unspecified atom stereocenters. The highest BCUT2D eigenvalue weighted by atomic mass is 32.2. The van der Waals surface area contributed by atoms with Gasteiger partial charge in [0.15, 0.2) is 0 Å². The summed E-state index contributed by atoms with van der Waals surface area (Å²) in [4.78, 5) is 4.08. The van der Waals surface area contributed by atoms with Gasteiger partial charge in [-0.15, -0.1) is 0 Å². The van der Waals surface area contributed by atoms with Gasteiger partial charge in [0, 0.05) is 23.7 Å². The zero-order valence-electron chi connectivity index (χ0n) is 56.8. The SMILES string of the molecule is CC1=CCC(C)CC1.CC1CC2CCC1CC2C.CC1CCC(C)CC1.CC1CCC(C)OC1.CC1CCC(C)SC1.CC1CCCC2C(C)CCCC12.Cc1ccc(C)cc1.Cc1ccc(C)nc1.Cc1cccc2c(C)cccc12. The molecule has 0 radical (unpaired) electrons. The minimum atomic E-state index is 0.520. The fraction of sp³-hybridized carbons (Fsp3) is 0.709. The zero-order valence-corrected chi connectivity index (χ0v) is 57.6. The first-order chi connectivity index (χ1) is 39.1. The second-order valence-electron chi connectivity index (χ2n) is 29.0. The van der Waals surface area contributed by atoms with Crippen LogP contribution in [-0.4, -0.2) is 28.7 Å². The lowest BCUT2D eigenvalue weighted by Gasteiger charge is -2.45. The molecule has 2 nitrogen and oxygen atoms in total. The van der Waals surface area contributed by atoms with Gasteiger partial charge in [-0.05, 0) is 255 Å². The van der Waals surface area contributed by atoms with Crippen LogP contribution >= 0.6 is 11.8 Å². The first-order valence-electron chi connectivity index (χ1n) is 34.3. The number of hydrogen-bond donors (Lipinski definition) is 0. The van der Waals surface area contributed by atoms with E-state index >= 15 is 0 Å². The molecule has 8 fully saturated rings. The Morgan fingerprint density at radius 2 is 0.902 bits per heavy atom. The van der Waals surface area contributed by atoms with Crippen molar-refractivity contribution in [1.29, 1.82) is 0 Å². The predicted molar refractivity (Wildman–Crippen MR) is 368 cm³/mol. The van der Waals surface area contributed by atoms with E-state index in [1.54, 1.807) is 5.57 Å². The van der Waals surface area contributed by atoms with E-state index in [0.29, 0.717) is 6.10 Å². The molecule has 2 aliphatic heterocycles. The summed E-state index contributed by atoms with van der Waals surface area (Å²) in [6.45, 7) is 41.7. The number of nitrogens with zero attached hydrogens (tertiary/aromatic N) is 1. The van der Waals surface area contributed by atoms with E-state index in [1.807, 2.05) is 26.1 Å². The van der Waals surface area contributed by atoms with Gasteiger partial charge in [0.2, 0.25) is 0 Å². The van der Waals surface area contributed by atoms with E-state index in [2.05, 4.69) is 200 Å². The average molecular weight is 1140 g/mol. The summed E-state index contributed by atoms with van der Waals surface area (Å²) in [6.07, 6.45) is 35.4. The van der Waals surface area contributed by atoms with E-state index in [9.17, 15) is 0 Å². The van der Waals surface area contributed by atoms with Gasteiger partial charge >= 0.3 is 0 Å². The Kier molecular flexibility index (Phi) is 34.1. The Bertz CT molecular complexity index is 2050. The lowest BCUT2D eigenvalue weighted by molar-refractivity contribution is 0.000266. The molecule has 2 saturated heterocycles. The van der Waals surface area contributed by atoms with Crippen LogP contribution in [-0.2, 0) is 4.74 Å². The largest absolute Gasteiger partial charge is 0.378 e. The number of thioether (sulfide) groups is 1. The molecule has 13 atom stereocenters. The van der Waals surface area contributed by atoms with Crippen molar-refractivity contribution in [2.75, 3.05) is 12.4 Å². The van der Waals surface area contributed by atoms with Crippen molar-refractivity contribution in [2.24, 2.45) is 76.9 Å². The number of allylic oxidation sites excluding steroid dienone is 2. The Balaban J connectivity index is 0.000000199. The molecule has 1 aromatic heterocycles. The molecule has 9 aliphatic rings. The molecule has 13 rings (SSSR count). The van der Waals surface area contributed by atoms with E-state index in [4.69, 9.17) is 4.74 Å². The summed E-state index contributed by atoms with van der Waals surface area (Å²) < 4.78 is 5.39. The number of pyridine rings is 1. The van der Waals surface area contributed by atoms with E-state index in [-0.39, 0.29) is 0 Å². The first kappa shape index (κ1) is 71.6. The fourth-order valence-corrected chi connectivity index (χ4v) is 15.1. The standard InChI is InChI=1S/C12H22.C12H12.C10H18.C8H16.C8H14.C8H10.C7H9N.C7H14O.C7H14S/c2*1-9-5-3-8-12-10(2)6-4-7-11(9)12;1-7-5-10-4-3-9(7)6-8(10)2;3*1-7-3-5-8(2)6-4-7;3*1-6-3-4-7(2)8-5-6/h9-12H,3-8H2,1-2H3;3-8H,1-2H3;7-10H,3-6H2,1-2H3;7-8H,3-6H2,1-2H3;3,8H,4-6H2,1-2H3;3-6H,1-2H3;3-5H,1-2H3;2*6-7H,3-5H2,1-2H3. The fourth-order valence-electron chi connectivity index (χ4n) is 14.0. The molecule has 82 heavy (non-hydrogen) atoms. The van der Waals surface area contributed by atoms with Crippen LogP contribution in [0.25, 0.3) is 10.8 Å². The van der Waals surface area contributed by atoms with Crippen molar-refractivity contribution < 1.29 is 4.74 Å². The van der Waals surface area contributed by atoms with Crippen LogP contribution < -0.4 is 0 Å². The second-order valence-corrected chi connectivity index (χ2v) is 30.5. The maximum atomic E-state index is 5.39. The maximum Gasteiger partial charge on any atom is 0.0547 e. The first-order valence-corrected chi connectivity index (χ1v) is 35.4. The Morgan fingerprint density at radius 1 is 0.427 bits per heavy atom. The van der Waals surface area contributed by atoms with Gasteiger partial charge in [-0.1, -0.05) is 210 Å². The molecule has 6 saturated carbocycles. The lowest BCUT2D eigenvalue weighted by atomic mass is 9.61. The molecule has 0 spiro atoms. The third-order valence-corrected chi connectivity index (χ3v) is 22.1. The number of fused-ring (bicyclic) bond motifs is 5. The quantitative estimate of drug-likeness (QED) is 0.164. The molecule has 0 amide bonds. The smallest absolute Gasteiger partial charge is 0.0547 e. The Labute approximate surface area is 513 Å². The molecule has 0 N–H and O–H groups in total. The molecule has 2 bridgehead atoms. The Hall–Kier alpha value is -2.88. The van der Waals surface area contributed by atoms with Crippen LogP contribution in [0.3, 0.4) is 0 Å². The van der Waals surface area contributed by atoms with Gasteiger partial charge in [0.25, 0.3) is 0 Å². The van der Waals surface area contributed by atoms with E-state index in [1.165, 1.54) is 179 Å². The summed E-state index contributed by atoms with van der Waals surface area (Å²) in [5, 5.41) is 3.68. The van der Waals surface area contributed by atoms with E-state index in [0.717, 1.165) is 94.5 Å². The molecular formula is C79H129NOS. The van der Waals surface area contributed by atoms with Crippen molar-refractivity contribution >= 4 is 22.5 Å². The topological polar surface area (TPSA) is 22.1 Å². The van der Waals surface area contributed by atoms with Crippen LogP contribution in [0.2, 0.25) is 0 Å². The molecule has 7 aliphatic carbocycles. The Morgan fingerprint density at radius 3 is 1.24 bits per heavy atom. The highest BCUT2D eigenvalue weighted by Gasteiger charge is 2.38. The summed E-state index contributed by atoms with van der Waals surface area (Å²) in [5.41, 5.74) is 9.26. The second kappa shape index (κ2) is 39.0. The van der Waals surface area contributed by atoms with Gasteiger partial charge in [0.05, 0.1) is 6.10 Å². The number of aromatic nitrogens is 1. The number of hydrogen-bond acceptors (Lipinski definition) is 3.